The molecule has 5 nitrogen and oxygen atoms in total. The highest BCUT2D eigenvalue weighted by atomic mass is 16.6. The topological polar surface area (TPSA) is 87.0 Å². The van der Waals surface area contributed by atoms with E-state index in [9.17, 15) is 0 Å². The van der Waals surface area contributed by atoms with Gasteiger partial charge in [0.2, 0.25) is 0 Å². The molecule has 1 aromatic rings. The van der Waals surface area contributed by atoms with Gasteiger partial charge in [0.1, 0.15) is 0 Å². The number of aromatic hydroxyl groups is 1. The van der Waals surface area contributed by atoms with Gasteiger partial charge in [0.15, 0.2) is 11.5 Å². The first-order valence-corrected chi connectivity index (χ1v) is 3.31. The van der Waals surface area contributed by atoms with Crippen molar-refractivity contribution in [1.29, 1.82) is 0 Å². The summed E-state index contributed by atoms with van der Waals surface area (Å²) in [6.45, 7) is 0. The lowest BCUT2D eigenvalue weighted by atomic mass is 10.3. The number of benzene rings is 1. The van der Waals surface area contributed by atoms with Gasteiger partial charge >= 0.3 is 6.16 Å². The molecule has 0 aliphatic carbocycles. The summed E-state index contributed by atoms with van der Waals surface area (Å²) in [6, 6.07) is 6.84. The lowest BCUT2D eigenvalue weighted by Gasteiger charge is -1.99. The minimum Gasteiger partial charge on any atom is -0.504 e. The zero-order valence-electron chi connectivity index (χ0n) is 6.97. The molecule has 5 heteroatoms. The zero-order valence-corrected chi connectivity index (χ0v) is 6.97. The van der Waals surface area contributed by atoms with E-state index in [-0.39, 0.29) is 5.75 Å². The predicted molar refractivity (Wildman–Crippen MR) is 45.3 cm³/mol. The van der Waals surface area contributed by atoms with Gasteiger partial charge in [-0.25, -0.2) is 4.79 Å². The number of phenolic OH excluding ortho intramolecular Hbond substituents is 1. The second kappa shape index (κ2) is 5.70. The molecule has 1 aromatic carbocycles. The normalized spacial score (nSPS) is 8.08. The van der Waals surface area contributed by atoms with Crippen molar-refractivity contribution in [3.63, 3.8) is 0 Å². The summed E-state index contributed by atoms with van der Waals surface area (Å²) < 4.78 is 4.79. The van der Waals surface area contributed by atoms with Crippen LogP contribution in [0.3, 0.4) is 0 Å². The fraction of sp³-hybridized carbons (Fsp3) is 0.125. The number of hydrogen-bond acceptors (Lipinski definition) is 3. The van der Waals surface area contributed by atoms with Crippen molar-refractivity contribution in [3.05, 3.63) is 24.3 Å². The molecule has 0 radical (unpaired) electrons. The van der Waals surface area contributed by atoms with E-state index in [0.29, 0.717) is 5.75 Å². The average molecular weight is 186 g/mol. The number of hydrogen-bond donors (Lipinski definition) is 3. The first-order valence-electron chi connectivity index (χ1n) is 3.31. The van der Waals surface area contributed by atoms with Gasteiger partial charge in [0.25, 0.3) is 0 Å². The monoisotopic (exact) mass is 186 g/mol. The highest BCUT2D eigenvalue weighted by Gasteiger charge is 1.94. The van der Waals surface area contributed by atoms with Crippen LogP contribution in [0, 0.1) is 0 Å². The molecule has 0 atom stereocenters. The van der Waals surface area contributed by atoms with Crippen molar-refractivity contribution in [2.24, 2.45) is 0 Å². The minimum absolute atomic E-state index is 0.181. The van der Waals surface area contributed by atoms with Crippen LogP contribution in [0.15, 0.2) is 24.3 Å². The maximum absolute atomic E-state index is 8.99. The average Bonchev–Trinajstić information content (AvgIpc) is 2.04. The molecule has 72 valence electrons. The highest BCUT2D eigenvalue weighted by Crippen LogP contribution is 2.22. The number of carbonyl (C=O) groups is 1. The fourth-order valence-corrected chi connectivity index (χ4v) is 0.630. The number of para-hydroxylation sites is 2. The smallest absolute Gasteiger partial charge is 0.503 e. The molecule has 13 heavy (non-hydrogen) atoms. The van der Waals surface area contributed by atoms with Gasteiger partial charge in [-0.1, -0.05) is 12.1 Å². The highest BCUT2D eigenvalue weighted by molar-refractivity contribution is 5.53. The second-order valence-electron chi connectivity index (χ2n) is 1.95. The predicted octanol–water partition coefficient (Wildman–Crippen LogP) is 1.62. The molecular weight excluding hydrogens is 176 g/mol. The minimum atomic E-state index is -1.83. The third-order valence-corrected chi connectivity index (χ3v) is 1.09. The van der Waals surface area contributed by atoms with E-state index in [4.69, 9.17) is 24.9 Å². The number of methoxy groups -OCH3 is 1. The quantitative estimate of drug-likeness (QED) is 0.620. The van der Waals surface area contributed by atoms with E-state index in [0.717, 1.165) is 0 Å². The van der Waals surface area contributed by atoms with Gasteiger partial charge in [0.05, 0.1) is 7.11 Å². The van der Waals surface area contributed by atoms with Crippen LogP contribution in [0.5, 0.6) is 11.5 Å². The van der Waals surface area contributed by atoms with Crippen LogP contribution in [0.4, 0.5) is 4.79 Å². The zero-order chi connectivity index (χ0) is 10.3. The summed E-state index contributed by atoms with van der Waals surface area (Å²) in [5.74, 6) is 0.692. The summed E-state index contributed by atoms with van der Waals surface area (Å²) in [5, 5.41) is 22.9. The molecule has 0 saturated carbocycles. The fourth-order valence-electron chi connectivity index (χ4n) is 0.630. The molecule has 0 aliphatic heterocycles. The van der Waals surface area contributed by atoms with Crippen molar-refractivity contribution in [1.82, 2.24) is 0 Å². The van der Waals surface area contributed by atoms with Gasteiger partial charge in [-0.15, -0.1) is 0 Å². The molecule has 0 bridgehead atoms. The number of carboxylic acid groups (broad SMARTS) is 2. The maximum atomic E-state index is 8.99. The van der Waals surface area contributed by atoms with Crippen molar-refractivity contribution in [2.75, 3.05) is 7.11 Å². The molecule has 3 N–H and O–H groups in total. The van der Waals surface area contributed by atoms with Crippen molar-refractivity contribution >= 4 is 6.16 Å². The second-order valence-corrected chi connectivity index (χ2v) is 1.95. The van der Waals surface area contributed by atoms with E-state index in [1.165, 1.54) is 7.11 Å². The summed E-state index contributed by atoms with van der Waals surface area (Å²) in [4.78, 5) is 8.56. The standard InChI is InChI=1S/C7H8O2.CH2O3/c1-9-7-5-3-2-4-6(7)8;2-1(3)4/h2-5,8H,1H3;(H2,2,3,4). The van der Waals surface area contributed by atoms with Crippen LogP contribution in [0.25, 0.3) is 0 Å². The number of phenols is 1. The Kier molecular flexibility index (Phi) is 4.87. The maximum Gasteiger partial charge on any atom is 0.503 e. The van der Waals surface area contributed by atoms with Crippen molar-refractivity contribution < 1.29 is 24.9 Å². The molecule has 0 amide bonds. The first kappa shape index (κ1) is 11.1. The Morgan fingerprint density at radius 3 is 2.08 bits per heavy atom. The van der Waals surface area contributed by atoms with Crippen LogP contribution < -0.4 is 4.74 Å². The van der Waals surface area contributed by atoms with Crippen LogP contribution in [0.2, 0.25) is 0 Å². The molecule has 0 spiro atoms. The third-order valence-electron chi connectivity index (χ3n) is 1.09. The number of rotatable bonds is 1. The third kappa shape index (κ3) is 5.37. The first-order chi connectivity index (χ1) is 6.07. The lowest BCUT2D eigenvalue weighted by Crippen LogP contribution is -1.81. The molecule has 1 rings (SSSR count). The van der Waals surface area contributed by atoms with Gasteiger partial charge in [-0.3, -0.25) is 0 Å². The largest absolute Gasteiger partial charge is 0.504 e. The van der Waals surface area contributed by atoms with Crippen molar-refractivity contribution in [3.8, 4) is 11.5 Å². The summed E-state index contributed by atoms with van der Waals surface area (Å²) >= 11 is 0. The van der Waals surface area contributed by atoms with E-state index >= 15 is 0 Å². The van der Waals surface area contributed by atoms with Crippen LogP contribution >= 0.6 is 0 Å². The summed E-state index contributed by atoms with van der Waals surface area (Å²) in [7, 11) is 1.52. The van der Waals surface area contributed by atoms with Gasteiger partial charge in [-0.05, 0) is 12.1 Å². The van der Waals surface area contributed by atoms with E-state index < -0.39 is 6.16 Å². The molecular formula is C8H10O5. The van der Waals surface area contributed by atoms with Gasteiger partial charge in [0, 0.05) is 0 Å². The summed E-state index contributed by atoms with van der Waals surface area (Å²) in [6.07, 6.45) is -1.83. The Bertz CT molecular complexity index is 267. The molecule has 0 saturated heterocycles. The van der Waals surface area contributed by atoms with Crippen LogP contribution in [-0.2, 0) is 0 Å². The SMILES string of the molecule is COc1ccccc1O.O=C(O)O. The molecule has 0 aromatic heterocycles. The molecule has 0 heterocycles. The van der Waals surface area contributed by atoms with E-state index in [1.807, 2.05) is 0 Å². The Hall–Kier alpha value is -1.91. The summed E-state index contributed by atoms with van der Waals surface area (Å²) in [5.41, 5.74) is 0. The molecule has 0 unspecified atom stereocenters. The Labute approximate surface area is 74.8 Å². The van der Waals surface area contributed by atoms with Crippen molar-refractivity contribution in [2.45, 2.75) is 0 Å². The van der Waals surface area contributed by atoms with Gasteiger partial charge < -0.3 is 20.1 Å². The van der Waals surface area contributed by atoms with E-state index in [1.54, 1.807) is 24.3 Å². The molecule has 0 fully saturated rings. The Balaban J connectivity index is 0.000000310. The molecule has 0 aliphatic rings. The van der Waals surface area contributed by atoms with E-state index in [2.05, 4.69) is 0 Å². The number of ether oxygens (including phenoxy) is 1. The van der Waals surface area contributed by atoms with Gasteiger partial charge in [-0.2, -0.15) is 0 Å². The van der Waals surface area contributed by atoms with Crippen LogP contribution in [-0.4, -0.2) is 28.6 Å². The Morgan fingerprint density at radius 1 is 1.31 bits per heavy atom. The Morgan fingerprint density at radius 2 is 1.77 bits per heavy atom. The van der Waals surface area contributed by atoms with Crippen LogP contribution in [0.1, 0.15) is 0 Å². The lowest BCUT2D eigenvalue weighted by molar-refractivity contribution is 0.137.